The van der Waals surface area contributed by atoms with E-state index >= 15 is 0 Å². The van der Waals surface area contributed by atoms with Crippen LogP contribution in [0.2, 0.25) is 5.02 Å². The van der Waals surface area contributed by atoms with Crippen LogP contribution < -0.4 is 14.8 Å². The number of anilines is 3. The average molecular weight is 486 g/mol. The fourth-order valence-corrected chi connectivity index (χ4v) is 4.84. The third kappa shape index (κ3) is 4.15. The van der Waals surface area contributed by atoms with Gasteiger partial charge in [-0.1, -0.05) is 29.8 Å². The van der Waals surface area contributed by atoms with Gasteiger partial charge in [0.1, 0.15) is 0 Å². The third-order valence-corrected chi connectivity index (χ3v) is 6.72. The second-order valence-corrected chi connectivity index (χ2v) is 8.96. The lowest BCUT2D eigenvalue weighted by atomic mass is 10.1. The fourth-order valence-electron chi connectivity index (χ4n) is 4.72. The molecule has 0 aliphatic carbocycles. The Balaban J connectivity index is 1.67. The molecule has 1 aliphatic rings. The number of nitrogens with zero attached hydrogens (tertiary/aromatic N) is 4. The van der Waals surface area contributed by atoms with E-state index in [1.165, 1.54) is 0 Å². The number of hydrogen-bond donors (Lipinski definition) is 1. The number of Topliss-reactive ketones (excluding diaryl/α,β-unsaturated/α-hetero) is 1. The molecule has 5 rings (SSSR count). The lowest BCUT2D eigenvalue weighted by Gasteiger charge is -2.32. The zero-order valence-corrected chi connectivity index (χ0v) is 20.8. The lowest BCUT2D eigenvalue weighted by molar-refractivity contribution is -0.111. The molecule has 6 nitrogen and oxygen atoms in total. The van der Waals surface area contributed by atoms with Gasteiger partial charge in [-0.25, -0.2) is 5.01 Å². The summed E-state index contributed by atoms with van der Waals surface area (Å²) in [5.41, 5.74) is 4.97. The number of aromatic amines is 1. The van der Waals surface area contributed by atoms with E-state index in [0.29, 0.717) is 10.9 Å². The van der Waals surface area contributed by atoms with Crippen LogP contribution in [0.4, 0.5) is 17.1 Å². The number of ketones is 1. The predicted molar refractivity (Wildman–Crippen MR) is 146 cm³/mol. The van der Waals surface area contributed by atoms with E-state index in [1.807, 2.05) is 52.5 Å². The molecule has 4 aromatic rings. The van der Waals surface area contributed by atoms with Crippen LogP contribution in [0.1, 0.15) is 32.5 Å². The maximum Gasteiger partial charge on any atom is 0.198 e. The van der Waals surface area contributed by atoms with E-state index in [-0.39, 0.29) is 11.9 Å². The van der Waals surface area contributed by atoms with Gasteiger partial charge in [-0.3, -0.25) is 9.69 Å². The van der Waals surface area contributed by atoms with Crippen LogP contribution in [0.15, 0.2) is 84.1 Å². The van der Waals surface area contributed by atoms with Crippen LogP contribution in [-0.4, -0.2) is 29.7 Å². The molecule has 0 spiro atoms. The second kappa shape index (κ2) is 9.47. The van der Waals surface area contributed by atoms with Crippen molar-refractivity contribution in [2.75, 3.05) is 27.9 Å². The number of hydrazone groups is 1. The van der Waals surface area contributed by atoms with Crippen molar-refractivity contribution < 1.29 is 4.79 Å². The molecular weight excluding hydrogens is 458 g/mol. The van der Waals surface area contributed by atoms with Crippen LogP contribution >= 0.6 is 11.6 Å². The second-order valence-electron chi connectivity index (χ2n) is 8.52. The highest BCUT2D eigenvalue weighted by Gasteiger charge is 2.40. The Morgan fingerprint density at radius 2 is 1.63 bits per heavy atom. The van der Waals surface area contributed by atoms with Crippen LogP contribution in [0.25, 0.3) is 10.9 Å². The first kappa shape index (κ1) is 23.0. The van der Waals surface area contributed by atoms with E-state index in [9.17, 15) is 4.79 Å². The number of para-hydroxylation sites is 1. The molecule has 35 heavy (non-hydrogen) atoms. The van der Waals surface area contributed by atoms with Gasteiger partial charge in [0, 0.05) is 59.1 Å². The smallest absolute Gasteiger partial charge is 0.198 e. The Bertz CT molecular complexity index is 1370. The molecule has 178 valence electrons. The number of benzene rings is 3. The first-order valence-corrected chi connectivity index (χ1v) is 12.2. The van der Waals surface area contributed by atoms with Gasteiger partial charge < -0.3 is 9.88 Å². The molecule has 0 amide bonds. The van der Waals surface area contributed by atoms with Gasteiger partial charge in [-0.05, 0) is 68.4 Å². The minimum atomic E-state index is -0.356. The number of halogens is 1. The largest absolute Gasteiger partial charge is 0.372 e. The zero-order valence-electron chi connectivity index (χ0n) is 20.1. The molecule has 0 unspecified atom stereocenters. The molecule has 1 aromatic heterocycles. The number of H-pyrrole nitrogens is 1. The maximum absolute atomic E-state index is 12.9. The van der Waals surface area contributed by atoms with E-state index < -0.39 is 0 Å². The van der Waals surface area contributed by atoms with Crippen molar-refractivity contribution in [1.82, 2.24) is 4.98 Å². The summed E-state index contributed by atoms with van der Waals surface area (Å²) in [6.07, 6.45) is 1.65. The minimum Gasteiger partial charge on any atom is -0.372 e. The van der Waals surface area contributed by atoms with Crippen LogP contribution in [-0.2, 0) is 4.79 Å². The number of aromatic nitrogens is 1. The summed E-state index contributed by atoms with van der Waals surface area (Å²) in [4.78, 5) is 20.6. The summed E-state index contributed by atoms with van der Waals surface area (Å²) < 4.78 is 0. The van der Waals surface area contributed by atoms with Crippen molar-refractivity contribution >= 4 is 51.2 Å². The summed E-state index contributed by atoms with van der Waals surface area (Å²) in [6.45, 7) is 7.72. The third-order valence-electron chi connectivity index (χ3n) is 6.47. The summed E-state index contributed by atoms with van der Waals surface area (Å²) in [6, 6.07) is 24.1. The van der Waals surface area contributed by atoms with Gasteiger partial charge in [0.25, 0.3) is 0 Å². The molecule has 3 aromatic carbocycles. The van der Waals surface area contributed by atoms with Gasteiger partial charge in [0.05, 0.1) is 5.69 Å². The van der Waals surface area contributed by atoms with Crippen LogP contribution in [0.5, 0.6) is 0 Å². The predicted octanol–water partition coefficient (Wildman–Crippen LogP) is 6.60. The molecule has 0 fully saturated rings. The van der Waals surface area contributed by atoms with Gasteiger partial charge in [0.15, 0.2) is 17.8 Å². The number of nitrogens with one attached hydrogen (secondary N) is 1. The Hall–Kier alpha value is -3.77. The van der Waals surface area contributed by atoms with E-state index in [0.717, 1.165) is 46.6 Å². The summed E-state index contributed by atoms with van der Waals surface area (Å²) >= 11 is 6.17. The highest BCUT2D eigenvalue weighted by Crippen LogP contribution is 2.42. The Labute approximate surface area is 210 Å². The number of carbonyl (C=O) groups excluding carboxylic acids is 1. The highest BCUT2D eigenvalue weighted by atomic mass is 35.5. The highest BCUT2D eigenvalue weighted by molar-refractivity contribution is 6.44. The lowest BCUT2D eigenvalue weighted by Crippen LogP contribution is -2.37. The normalized spacial score (nSPS) is 15.5. The molecule has 0 saturated heterocycles. The van der Waals surface area contributed by atoms with Crippen molar-refractivity contribution in [3.05, 3.63) is 89.6 Å². The quantitative estimate of drug-likeness (QED) is 0.320. The van der Waals surface area contributed by atoms with E-state index in [4.69, 9.17) is 16.7 Å². The van der Waals surface area contributed by atoms with Crippen molar-refractivity contribution in [3.8, 4) is 0 Å². The first-order valence-electron chi connectivity index (χ1n) is 11.9. The molecule has 2 heterocycles. The molecule has 1 atom stereocenters. The zero-order chi connectivity index (χ0) is 24.5. The number of hydrogen-bond acceptors (Lipinski definition) is 5. The number of fused-ring (bicyclic) bond motifs is 1. The molecule has 7 heteroatoms. The van der Waals surface area contributed by atoms with Crippen LogP contribution in [0, 0.1) is 0 Å². The Morgan fingerprint density at radius 1 is 0.971 bits per heavy atom. The summed E-state index contributed by atoms with van der Waals surface area (Å²) in [5, 5.41) is 8.48. The SMILES string of the molecule is CCN(CC)c1ccc(N2C(C(C)=O)=NN(c3ccc(Cl)cc3)[C@@H]2c2c[nH]c3ccccc23)cc1. The van der Waals surface area contributed by atoms with Gasteiger partial charge >= 0.3 is 0 Å². The minimum absolute atomic E-state index is 0.0980. The van der Waals surface area contributed by atoms with Crippen molar-refractivity contribution in [1.29, 1.82) is 0 Å². The number of amidine groups is 1. The number of carbonyl (C=O) groups is 1. The summed E-state index contributed by atoms with van der Waals surface area (Å²) in [7, 11) is 0. The van der Waals surface area contributed by atoms with Crippen molar-refractivity contribution in [3.63, 3.8) is 0 Å². The molecule has 1 aliphatic heterocycles. The summed E-state index contributed by atoms with van der Waals surface area (Å²) in [5.74, 6) is 0.296. The average Bonchev–Trinajstić information content (AvgIpc) is 3.47. The van der Waals surface area contributed by atoms with Crippen molar-refractivity contribution in [2.24, 2.45) is 5.10 Å². The van der Waals surface area contributed by atoms with E-state index in [1.54, 1.807) is 6.92 Å². The van der Waals surface area contributed by atoms with Crippen LogP contribution in [0.3, 0.4) is 0 Å². The maximum atomic E-state index is 12.9. The molecule has 0 saturated carbocycles. The fraction of sp³-hybridized carbons (Fsp3) is 0.214. The Kier molecular flexibility index (Phi) is 6.22. The number of rotatable bonds is 7. The molecule has 0 radical (unpaired) electrons. The standard InChI is InChI=1S/C28H28ClN5O/c1-4-32(5-2)21-14-16-22(17-15-21)33-27(19(3)35)31-34(23-12-10-20(29)11-13-23)28(33)25-18-30-26-9-7-6-8-24(25)26/h6-18,28,30H,4-5H2,1-3H3/t28-/m1/s1. The van der Waals surface area contributed by atoms with E-state index in [2.05, 4.69) is 60.1 Å². The van der Waals surface area contributed by atoms with Gasteiger partial charge in [-0.15, -0.1) is 5.10 Å². The first-order chi connectivity index (χ1) is 17.0. The van der Waals surface area contributed by atoms with Gasteiger partial charge in [-0.2, -0.15) is 0 Å². The molecule has 1 N–H and O–H groups in total. The Morgan fingerprint density at radius 3 is 2.29 bits per heavy atom. The molecular formula is C28H28ClN5O. The molecule has 0 bridgehead atoms. The monoisotopic (exact) mass is 485 g/mol. The van der Waals surface area contributed by atoms with Gasteiger partial charge in [0.2, 0.25) is 0 Å². The topological polar surface area (TPSA) is 54.9 Å². The van der Waals surface area contributed by atoms with Crippen molar-refractivity contribution in [2.45, 2.75) is 26.9 Å².